The van der Waals surface area contributed by atoms with E-state index in [1.165, 1.54) is 17.5 Å². The van der Waals surface area contributed by atoms with Crippen LogP contribution in [0.15, 0.2) is 47.8 Å². The Morgan fingerprint density at radius 3 is 2.63 bits per heavy atom. The third kappa shape index (κ3) is 4.71. The monoisotopic (exact) mass is 385 g/mol. The summed E-state index contributed by atoms with van der Waals surface area (Å²) in [6.45, 7) is 2.81. The topological polar surface area (TPSA) is 74.0 Å². The summed E-state index contributed by atoms with van der Waals surface area (Å²) >= 11 is 1.39. The fourth-order valence-electron chi connectivity index (χ4n) is 2.72. The van der Waals surface area contributed by atoms with Crippen molar-refractivity contribution in [3.8, 4) is 5.75 Å². The van der Waals surface area contributed by atoms with Crippen molar-refractivity contribution in [2.75, 3.05) is 18.2 Å². The lowest BCUT2D eigenvalue weighted by Crippen LogP contribution is -2.14. The Morgan fingerprint density at radius 1 is 1.22 bits per heavy atom. The number of aryl methyl sites for hydroxylation is 1. The van der Waals surface area contributed by atoms with E-state index in [4.69, 9.17) is 4.74 Å². The van der Waals surface area contributed by atoms with Crippen molar-refractivity contribution in [2.24, 2.45) is 7.05 Å². The SMILES string of the molecule is CCn1c(Cc2cccn2C)nnc1SCC(=O)Nc1ccc(OC)cc1. The van der Waals surface area contributed by atoms with Gasteiger partial charge in [-0.15, -0.1) is 10.2 Å². The van der Waals surface area contributed by atoms with Crippen LogP contribution >= 0.6 is 11.8 Å². The van der Waals surface area contributed by atoms with E-state index in [0.717, 1.165) is 29.0 Å². The van der Waals surface area contributed by atoms with Crippen LogP contribution in [0, 0.1) is 0 Å². The Balaban J connectivity index is 1.60. The zero-order chi connectivity index (χ0) is 19.2. The number of methoxy groups -OCH3 is 1. The lowest BCUT2D eigenvalue weighted by Gasteiger charge is -2.08. The van der Waals surface area contributed by atoms with Crippen LogP contribution in [0.5, 0.6) is 5.75 Å². The van der Waals surface area contributed by atoms with Crippen molar-refractivity contribution in [2.45, 2.75) is 25.0 Å². The van der Waals surface area contributed by atoms with Crippen LogP contribution in [0.4, 0.5) is 5.69 Å². The van der Waals surface area contributed by atoms with Crippen LogP contribution in [-0.2, 0) is 24.8 Å². The smallest absolute Gasteiger partial charge is 0.234 e. The Hall–Kier alpha value is -2.74. The van der Waals surface area contributed by atoms with E-state index in [1.807, 2.05) is 43.6 Å². The zero-order valence-electron chi connectivity index (χ0n) is 15.7. The number of carbonyl (C=O) groups is 1. The summed E-state index contributed by atoms with van der Waals surface area (Å²) in [5.74, 6) is 1.84. The highest BCUT2D eigenvalue weighted by molar-refractivity contribution is 7.99. The van der Waals surface area contributed by atoms with Gasteiger partial charge in [0.05, 0.1) is 12.9 Å². The predicted octanol–water partition coefficient (Wildman–Crippen LogP) is 2.97. The molecule has 0 saturated heterocycles. The molecule has 142 valence electrons. The standard InChI is InChI=1S/C19H23N5O2S/c1-4-24-17(12-15-6-5-11-23(15)2)21-22-19(24)27-13-18(25)20-14-7-9-16(26-3)10-8-14/h5-11H,4,12-13H2,1-3H3,(H,20,25). The number of benzene rings is 1. The molecule has 0 spiro atoms. The molecule has 0 atom stereocenters. The van der Waals surface area contributed by atoms with Crippen LogP contribution in [0.1, 0.15) is 18.4 Å². The number of rotatable bonds is 8. The number of aromatic nitrogens is 4. The average Bonchev–Trinajstić information content (AvgIpc) is 3.26. The van der Waals surface area contributed by atoms with Gasteiger partial charge in [-0.05, 0) is 43.3 Å². The highest BCUT2D eigenvalue weighted by Gasteiger charge is 2.14. The highest BCUT2D eigenvalue weighted by Crippen LogP contribution is 2.20. The summed E-state index contributed by atoms with van der Waals surface area (Å²) in [6.07, 6.45) is 2.73. The molecule has 0 aliphatic heterocycles. The summed E-state index contributed by atoms with van der Waals surface area (Å²) < 4.78 is 9.24. The molecule has 0 aliphatic rings. The number of amides is 1. The Labute approximate surface area is 162 Å². The molecular weight excluding hydrogens is 362 g/mol. The number of ether oxygens (including phenoxy) is 1. The van der Waals surface area contributed by atoms with Gasteiger partial charge in [0.2, 0.25) is 5.91 Å². The molecule has 0 aliphatic carbocycles. The van der Waals surface area contributed by atoms with Crippen molar-refractivity contribution >= 4 is 23.4 Å². The van der Waals surface area contributed by atoms with Gasteiger partial charge >= 0.3 is 0 Å². The van der Waals surface area contributed by atoms with Gasteiger partial charge in [0.15, 0.2) is 5.16 Å². The molecule has 0 fully saturated rings. The molecule has 2 aromatic heterocycles. The summed E-state index contributed by atoms with van der Waals surface area (Å²) in [7, 11) is 3.63. The maximum absolute atomic E-state index is 12.2. The number of carbonyl (C=O) groups excluding carboxylic acids is 1. The normalized spacial score (nSPS) is 10.8. The first-order valence-corrected chi connectivity index (χ1v) is 9.68. The summed E-state index contributed by atoms with van der Waals surface area (Å²) in [4.78, 5) is 12.2. The van der Waals surface area contributed by atoms with Crippen LogP contribution < -0.4 is 10.1 Å². The minimum absolute atomic E-state index is 0.0835. The number of nitrogens with zero attached hydrogens (tertiary/aromatic N) is 4. The van der Waals surface area contributed by atoms with Gasteiger partial charge in [0.25, 0.3) is 0 Å². The van der Waals surface area contributed by atoms with Crippen LogP contribution in [0.2, 0.25) is 0 Å². The number of hydrogen-bond acceptors (Lipinski definition) is 5. The van der Waals surface area contributed by atoms with Crippen molar-refractivity contribution in [3.63, 3.8) is 0 Å². The molecule has 1 amide bonds. The Kier molecular flexibility index (Phi) is 6.18. The minimum Gasteiger partial charge on any atom is -0.497 e. The van der Waals surface area contributed by atoms with Crippen LogP contribution in [0.3, 0.4) is 0 Å². The highest BCUT2D eigenvalue weighted by atomic mass is 32.2. The quantitative estimate of drug-likeness (QED) is 0.604. The van der Waals surface area contributed by atoms with Crippen molar-refractivity contribution in [3.05, 3.63) is 54.1 Å². The second-order valence-corrected chi connectivity index (χ2v) is 6.94. The van der Waals surface area contributed by atoms with Gasteiger partial charge in [0.1, 0.15) is 11.6 Å². The molecule has 8 heteroatoms. The Morgan fingerprint density at radius 2 is 2.00 bits per heavy atom. The molecule has 1 N–H and O–H groups in total. The molecule has 1 aromatic carbocycles. The first kappa shape index (κ1) is 19.0. The van der Waals surface area contributed by atoms with E-state index < -0.39 is 0 Å². The third-order valence-electron chi connectivity index (χ3n) is 4.21. The molecule has 0 radical (unpaired) electrons. The third-order valence-corrected chi connectivity index (χ3v) is 5.17. The number of anilines is 1. The molecular formula is C19H23N5O2S. The first-order chi connectivity index (χ1) is 13.1. The average molecular weight is 385 g/mol. The zero-order valence-corrected chi connectivity index (χ0v) is 16.5. The first-order valence-electron chi connectivity index (χ1n) is 8.69. The maximum atomic E-state index is 12.2. The Bertz CT molecular complexity index is 901. The summed E-state index contributed by atoms with van der Waals surface area (Å²) in [6, 6.07) is 11.3. The van der Waals surface area contributed by atoms with E-state index in [-0.39, 0.29) is 11.7 Å². The van der Waals surface area contributed by atoms with Gasteiger partial charge in [-0.2, -0.15) is 0 Å². The lowest BCUT2D eigenvalue weighted by atomic mass is 10.3. The van der Waals surface area contributed by atoms with Gasteiger partial charge < -0.3 is 19.2 Å². The molecule has 7 nitrogen and oxygen atoms in total. The summed E-state index contributed by atoms with van der Waals surface area (Å²) in [5, 5.41) is 12.2. The van der Waals surface area contributed by atoms with Crippen molar-refractivity contribution in [1.29, 1.82) is 0 Å². The molecule has 3 rings (SSSR count). The van der Waals surface area contributed by atoms with Crippen LogP contribution in [0.25, 0.3) is 0 Å². The number of thioether (sulfide) groups is 1. The minimum atomic E-state index is -0.0835. The van der Waals surface area contributed by atoms with E-state index in [0.29, 0.717) is 6.42 Å². The van der Waals surface area contributed by atoms with E-state index in [9.17, 15) is 4.79 Å². The maximum Gasteiger partial charge on any atom is 0.234 e. The van der Waals surface area contributed by atoms with Gasteiger partial charge in [0, 0.05) is 37.6 Å². The molecule has 3 aromatic rings. The number of hydrogen-bond donors (Lipinski definition) is 1. The second-order valence-electron chi connectivity index (χ2n) is 6.00. The second kappa shape index (κ2) is 8.77. The summed E-state index contributed by atoms with van der Waals surface area (Å²) in [5.41, 5.74) is 1.91. The molecule has 0 saturated carbocycles. The fourth-order valence-corrected chi connectivity index (χ4v) is 3.54. The lowest BCUT2D eigenvalue weighted by molar-refractivity contribution is -0.113. The van der Waals surface area contributed by atoms with E-state index in [1.54, 1.807) is 7.11 Å². The molecule has 27 heavy (non-hydrogen) atoms. The van der Waals surface area contributed by atoms with Gasteiger partial charge in [-0.25, -0.2) is 0 Å². The largest absolute Gasteiger partial charge is 0.497 e. The van der Waals surface area contributed by atoms with Gasteiger partial charge in [-0.1, -0.05) is 11.8 Å². The molecule has 2 heterocycles. The van der Waals surface area contributed by atoms with E-state index >= 15 is 0 Å². The number of nitrogens with one attached hydrogen (secondary N) is 1. The van der Waals surface area contributed by atoms with Crippen molar-refractivity contribution in [1.82, 2.24) is 19.3 Å². The molecule has 0 bridgehead atoms. The van der Waals surface area contributed by atoms with Crippen LogP contribution in [-0.4, -0.2) is 38.1 Å². The fraction of sp³-hybridized carbons (Fsp3) is 0.316. The molecule has 0 unspecified atom stereocenters. The predicted molar refractivity (Wildman–Crippen MR) is 106 cm³/mol. The van der Waals surface area contributed by atoms with E-state index in [2.05, 4.69) is 37.6 Å². The van der Waals surface area contributed by atoms with Crippen molar-refractivity contribution < 1.29 is 9.53 Å². The van der Waals surface area contributed by atoms with Gasteiger partial charge in [-0.3, -0.25) is 4.79 Å².